The highest BCUT2D eigenvalue weighted by molar-refractivity contribution is 5.76. The lowest BCUT2D eigenvalue weighted by molar-refractivity contribution is -0.143. The fourth-order valence-corrected chi connectivity index (χ4v) is 10.2. The Bertz CT molecular complexity index is 1050. The van der Waals surface area contributed by atoms with Crippen LogP contribution >= 0.6 is 0 Å². The second-order valence-electron chi connectivity index (χ2n) is 22.1. The van der Waals surface area contributed by atoms with Gasteiger partial charge in [0.2, 0.25) is 5.91 Å². The van der Waals surface area contributed by atoms with Crippen LogP contribution in [0.4, 0.5) is 0 Å². The molecule has 0 saturated carbocycles. The summed E-state index contributed by atoms with van der Waals surface area (Å²) in [7, 11) is 0. The van der Waals surface area contributed by atoms with Crippen molar-refractivity contribution >= 4 is 11.9 Å². The first-order chi connectivity index (χ1) is 34.5. The molecule has 0 radical (unpaired) electrons. The maximum Gasteiger partial charge on any atom is 0.305 e. The lowest BCUT2D eigenvalue weighted by atomic mass is 10.0. The topological polar surface area (TPSA) is 95.9 Å². The zero-order valence-corrected chi connectivity index (χ0v) is 47.5. The van der Waals surface area contributed by atoms with Crippen LogP contribution in [0.3, 0.4) is 0 Å². The molecule has 0 rings (SSSR count). The predicted octanol–water partition coefficient (Wildman–Crippen LogP) is 20.0. The summed E-state index contributed by atoms with van der Waals surface area (Å²) >= 11 is 0. The standard InChI is InChI=1S/C64H125NO5/c1-3-5-7-9-11-13-15-17-19-26-30-34-38-42-46-50-54-58-64(69)70-59-55-51-47-43-39-35-31-28-25-23-21-20-22-24-27-29-33-37-41-45-49-53-57-63(68)65-61(60-66)62(67)56-52-48-44-40-36-32-18-16-14-12-10-8-6-4-2/h22,24,61-62,66-67H,3-21,23,25-60H2,1-2H3,(H,65,68)/b24-22-. The van der Waals surface area contributed by atoms with E-state index < -0.39 is 12.1 Å². The minimum absolute atomic E-state index is 0.0147. The number of aliphatic hydroxyl groups is 2. The van der Waals surface area contributed by atoms with Gasteiger partial charge in [0.05, 0.1) is 25.4 Å². The van der Waals surface area contributed by atoms with Crippen molar-refractivity contribution in [3.8, 4) is 0 Å². The Hall–Kier alpha value is -1.40. The van der Waals surface area contributed by atoms with Crippen LogP contribution in [0.1, 0.15) is 361 Å². The van der Waals surface area contributed by atoms with E-state index in [1.165, 1.54) is 289 Å². The molecular formula is C64H125NO5. The molecule has 0 saturated heterocycles. The number of rotatable bonds is 60. The molecule has 0 aliphatic carbocycles. The number of esters is 1. The van der Waals surface area contributed by atoms with Gasteiger partial charge in [-0.15, -0.1) is 0 Å². The Morgan fingerprint density at radius 1 is 0.386 bits per heavy atom. The highest BCUT2D eigenvalue weighted by Gasteiger charge is 2.20. The van der Waals surface area contributed by atoms with Crippen molar-refractivity contribution in [1.82, 2.24) is 5.32 Å². The molecule has 0 aromatic carbocycles. The summed E-state index contributed by atoms with van der Waals surface area (Å²) in [5, 5.41) is 23.3. The summed E-state index contributed by atoms with van der Waals surface area (Å²) in [5.74, 6) is -0.0251. The number of aliphatic hydroxyl groups excluding tert-OH is 2. The van der Waals surface area contributed by atoms with Gasteiger partial charge >= 0.3 is 5.97 Å². The van der Waals surface area contributed by atoms with E-state index in [0.717, 1.165) is 38.5 Å². The molecule has 6 nitrogen and oxygen atoms in total. The third-order valence-corrected chi connectivity index (χ3v) is 15.1. The molecule has 0 aromatic heterocycles. The van der Waals surface area contributed by atoms with E-state index in [0.29, 0.717) is 25.9 Å². The first kappa shape index (κ1) is 68.6. The van der Waals surface area contributed by atoms with Crippen molar-refractivity contribution in [2.24, 2.45) is 0 Å². The molecule has 0 aliphatic heterocycles. The van der Waals surface area contributed by atoms with Gasteiger partial charge in [-0.25, -0.2) is 0 Å². The van der Waals surface area contributed by atoms with Crippen LogP contribution in [-0.2, 0) is 14.3 Å². The smallest absolute Gasteiger partial charge is 0.305 e. The zero-order chi connectivity index (χ0) is 50.7. The lowest BCUT2D eigenvalue weighted by Gasteiger charge is -2.22. The maximum atomic E-state index is 12.5. The van der Waals surface area contributed by atoms with E-state index >= 15 is 0 Å². The number of amides is 1. The average Bonchev–Trinajstić information content (AvgIpc) is 3.36. The number of hydrogen-bond donors (Lipinski definition) is 3. The number of carbonyl (C=O) groups is 2. The molecule has 1 amide bonds. The van der Waals surface area contributed by atoms with E-state index in [9.17, 15) is 19.8 Å². The molecular weight excluding hydrogens is 863 g/mol. The highest BCUT2D eigenvalue weighted by atomic mass is 16.5. The minimum Gasteiger partial charge on any atom is -0.466 e. The highest BCUT2D eigenvalue weighted by Crippen LogP contribution is 2.18. The third-order valence-electron chi connectivity index (χ3n) is 15.1. The van der Waals surface area contributed by atoms with Gasteiger partial charge in [0, 0.05) is 12.8 Å². The van der Waals surface area contributed by atoms with Crippen molar-refractivity contribution in [3.63, 3.8) is 0 Å². The number of ether oxygens (including phenoxy) is 1. The van der Waals surface area contributed by atoms with Crippen LogP contribution in [0.15, 0.2) is 12.2 Å². The number of allylic oxidation sites excluding steroid dienone is 2. The zero-order valence-electron chi connectivity index (χ0n) is 47.5. The van der Waals surface area contributed by atoms with Crippen LogP contribution in [0, 0.1) is 0 Å². The molecule has 2 unspecified atom stereocenters. The number of hydrogen-bond acceptors (Lipinski definition) is 5. The molecule has 0 spiro atoms. The van der Waals surface area contributed by atoms with Gasteiger partial charge in [0.15, 0.2) is 0 Å². The Balaban J connectivity index is 3.38. The Labute approximate surface area is 438 Å². The van der Waals surface area contributed by atoms with Gasteiger partial charge < -0.3 is 20.3 Å². The predicted molar refractivity (Wildman–Crippen MR) is 306 cm³/mol. The maximum absolute atomic E-state index is 12.5. The van der Waals surface area contributed by atoms with Crippen molar-refractivity contribution in [2.75, 3.05) is 13.2 Å². The quantitative estimate of drug-likeness (QED) is 0.0321. The van der Waals surface area contributed by atoms with E-state index in [-0.39, 0.29) is 18.5 Å². The SMILES string of the molecule is CCCCCCCCCCCCCCCCCCCC(=O)OCCCCCCCCCCCCC/C=C\CCCCCCCCCC(=O)NC(CO)C(O)CCCCCCCCCCCCCCCC. The summed E-state index contributed by atoms with van der Waals surface area (Å²) in [6.07, 6.45) is 72.3. The summed E-state index contributed by atoms with van der Waals surface area (Å²) in [4.78, 5) is 24.6. The number of carbonyl (C=O) groups excluding carboxylic acids is 2. The van der Waals surface area contributed by atoms with Crippen LogP contribution in [0.5, 0.6) is 0 Å². The summed E-state index contributed by atoms with van der Waals surface area (Å²) in [6.45, 7) is 4.98. The van der Waals surface area contributed by atoms with Crippen LogP contribution in [0.25, 0.3) is 0 Å². The Morgan fingerprint density at radius 2 is 0.671 bits per heavy atom. The number of unbranched alkanes of at least 4 members (excludes halogenated alkanes) is 47. The molecule has 0 aliphatic rings. The monoisotopic (exact) mass is 988 g/mol. The molecule has 416 valence electrons. The van der Waals surface area contributed by atoms with Crippen molar-refractivity contribution in [1.29, 1.82) is 0 Å². The van der Waals surface area contributed by atoms with E-state index in [4.69, 9.17) is 4.74 Å². The molecule has 0 bridgehead atoms. The van der Waals surface area contributed by atoms with Gasteiger partial charge in [-0.1, -0.05) is 309 Å². The molecule has 0 heterocycles. The van der Waals surface area contributed by atoms with Gasteiger partial charge in [0.1, 0.15) is 0 Å². The van der Waals surface area contributed by atoms with E-state index in [1.54, 1.807) is 0 Å². The fourth-order valence-electron chi connectivity index (χ4n) is 10.2. The van der Waals surface area contributed by atoms with Gasteiger partial charge in [-0.05, 0) is 51.4 Å². The minimum atomic E-state index is -0.667. The first-order valence-electron chi connectivity index (χ1n) is 31.9. The van der Waals surface area contributed by atoms with Gasteiger partial charge in [-0.2, -0.15) is 0 Å². The van der Waals surface area contributed by atoms with Crippen molar-refractivity contribution in [3.05, 3.63) is 12.2 Å². The third kappa shape index (κ3) is 55.9. The summed E-state index contributed by atoms with van der Waals surface area (Å²) in [6, 6.07) is -0.545. The molecule has 70 heavy (non-hydrogen) atoms. The van der Waals surface area contributed by atoms with Crippen LogP contribution < -0.4 is 5.32 Å². The summed E-state index contributed by atoms with van der Waals surface area (Å²) in [5.41, 5.74) is 0. The Kier molecular flexibility index (Phi) is 59.0. The van der Waals surface area contributed by atoms with Crippen molar-refractivity contribution in [2.45, 2.75) is 373 Å². The number of nitrogens with one attached hydrogen (secondary N) is 1. The lowest BCUT2D eigenvalue weighted by Crippen LogP contribution is -2.45. The van der Waals surface area contributed by atoms with Crippen LogP contribution in [-0.4, -0.2) is 47.4 Å². The largest absolute Gasteiger partial charge is 0.466 e. The van der Waals surface area contributed by atoms with Crippen molar-refractivity contribution < 1.29 is 24.5 Å². The van der Waals surface area contributed by atoms with Gasteiger partial charge in [0.25, 0.3) is 0 Å². The molecule has 0 fully saturated rings. The normalized spacial score (nSPS) is 12.6. The molecule has 6 heteroatoms. The second kappa shape index (κ2) is 60.2. The second-order valence-corrected chi connectivity index (χ2v) is 22.1. The molecule has 3 N–H and O–H groups in total. The molecule has 0 aromatic rings. The van der Waals surface area contributed by atoms with Gasteiger partial charge in [-0.3, -0.25) is 9.59 Å². The first-order valence-corrected chi connectivity index (χ1v) is 31.9. The Morgan fingerprint density at radius 3 is 1.01 bits per heavy atom. The van der Waals surface area contributed by atoms with E-state index in [2.05, 4.69) is 31.3 Å². The molecule has 2 atom stereocenters. The average molecular weight is 989 g/mol. The summed E-state index contributed by atoms with van der Waals surface area (Å²) < 4.78 is 5.50. The van der Waals surface area contributed by atoms with E-state index in [1.807, 2.05) is 0 Å². The van der Waals surface area contributed by atoms with Crippen LogP contribution in [0.2, 0.25) is 0 Å². The fraction of sp³-hybridized carbons (Fsp3) is 0.938.